The molecule has 4 aromatic rings. The van der Waals surface area contributed by atoms with Crippen LogP contribution in [-0.2, 0) is 22.7 Å². The van der Waals surface area contributed by atoms with Crippen LogP contribution in [0.3, 0.4) is 0 Å². The summed E-state index contributed by atoms with van der Waals surface area (Å²) in [4.78, 5) is 44.9. The van der Waals surface area contributed by atoms with Gasteiger partial charge in [-0.1, -0.05) is 0 Å². The van der Waals surface area contributed by atoms with Crippen LogP contribution in [0.2, 0.25) is 0 Å². The number of benzene rings is 1. The Morgan fingerprint density at radius 3 is 2.49 bits per heavy atom. The highest BCUT2D eigenvalue weighted by molar-refractivity contribution is 7.23. The third-order valence-corrected chi connectivity index (χ3v) is 12.8. The first-order valence-corrected chi connectivity index (χ1v) is 19.5. The van der Waals surface area contributed by atoms with E-state index in [4.69, 9.17) is 24.2 Å². The van der Waals surface area contributed by atoms with Crippen LogP contribution in [0.4, 0.5) is 29.2 Å². The number of amides is 2. The summed E-state index contributed by atoms with van der Waals surface area (Å²) >= 11 is 0.835. The quantitative estimate of drug-likeness (QED) is 0.211. The fourth-order valence-electron chi connectivity index (χ4n) is 9.41. The molecule has 2 unspecified atom stereocenters. The van der Waals surface area contributed by atoms with Gasteiger partial charge in [0.1, 0.15) is 34.6 Å². The minimum Gasteiger partial charge on any atom is -0.465 e. The molecule has 2 amide bonds. The van der Waals surface area contributed by atoms with Crippen LogP contribution in [-0.4, -0.2) is 98.1 Å². The van der Waals surface area contributed by atoms with Gasteiger partial charge >= 0.3 is 18.2 Å². The highest BCUT2D eigenvalue weighted by Crippen LogP contribution is 2.49. The smallest absolute Gasteiger partial charge is 0.412 e. The summed E-state index contributed by atoms with van der Waals surface area (Å²) in [5.74, 6) is -1.04. The number of piperazine rings is 1. The average molecular weight is 775 g/mol. The van der Waals surface area contributed by atoms with Gasteiger partial charge in [-0.05, 0) is 83.5 Å². The normalized spacial score (nSPS) is 21.6. The largest absolute Gasteiger partial charge is 0.465 e. The summed E-state index contributed by atoms with van der Waals surface area (Å²) < 4.78 is 51.1. The Balaban J connectivity index is 1.23. The third kappa shape index (κ3) is 5.87. The molecule has 4 fully saturated rings. The van der Waals surface area contributed by atoms with Gasteiger partial charge < -0.3 is 29.1 Å². The van der Waals surface area contributed by atoms with Crippen molar-refractivity contribution in [2.45, 2.75) is 95.7 Å². The van der Waals surface area contributed by atoms with Crippen molar-refractivity contribution in [1.29, 1.82) is 5.26 Å². The minimum absolute atomic E-state index is 0.00279. The number of thiophene rings is 1. The molecule has 9 rings (SSSR count). The highest BCUT2D eigenvalue weighted by Gasteiger charge is 2.46. The number of hydrogen-bond donors (Lipinski definition) is 2. The molecule has 5 aliphatic heterocycles. The van der Waals surface area contributed by atoms with Crippen LogP contribution >= 0.6 is 11.3 Å². The van der Waals surface area contributed by atoms with E-state index in [2.05, 4.69) is 26.2 Å². The van der Waals surface area contributed by atoms with Gasteiger partial charge in [-0.25, -0.2) is 18.4 Å². The number of carbonyl (C=O) groups is 2. The monoisotopic (exact) mass is 774 g/mol. The van der Waals surface area contributed by atoms with Gasteiger partial charge in [0, 0.05) is 36.1 Å². The van der Waals surface area contributed by atoms with Crippen molar-refractivity contribution >= 4 is 55.3 Å². The molecule has 2 bridgehead atoms. The zero-order valence-electron chi connectivity index (χ0n) is 30.7. The lowest BCUT2D eigenvalue weighted by Crippen LogP contribution is -2.55. The van der Waals surface area contributed by atoms with Gasteiger partial charge in [-0.2, -0.15) is 15.2 Å². The van der Waals surface area contributed by atoms with Crippen LogP contribution in [0.25, 0.3) is 32.2 Å². The van der Waals surface area contributed by atoms with Crippen molar-refractivity contribution in [3.63, 3.8) is 0 Å². The number of fused-ring (bicyclic) bond motifs is 7. The number of halogens is 2. The SMILES string of the molecule is CC(C)(C)OC(=O)Nc1sc2c(F)cnc(-c3c4c(c5c(N6C7CCC6CN(C(=O)O)C7)nc(OCC67CCCN6CCC7)nc5c3F)COC4)c2c1C#N. The Kier molecular flexibility index (Phi) is 8.51. The van der Waals surface area contributed by atoms with Gasteiger partial charge in [-0.3, -0.25) is 15.2 Å². The Bertz CT molecular complexity index is 2300. The summed E-state index contributed by atoms with van der Waals surface area (Å²) in [7, 11) is 0. The van der Waals surface area contributed by atoms with Crippen LogP contribution in [0.1, 0.15) is 76.0 Å². The lowest BCUT2D eigenvalue weighted by Gasteiger charge is -2.41. The minimum atomic E-state index is -0.984. The van der Waals surface area contributed by atoms with E-state index in [1.165, 1.54) is 4.90 Å². The van der Waals surface area contributed by atoms with Crippen molar-refractivity contribution in [3.8, 4) is 23.3 Å². The number of rotatable bonds is 6. The molecule has 3 aromatic heterocycles. The number of likely N-dealkylation sites (tertiary alicyclic amines) is 1. The second-order valence-corrected chi connectivity index (χ2v) is 17.1. The van der Waals surface area contributed by atoms with E-state index < -0.39 is 29.4 Å². The van der Waals surface area contributed by atoms with E-state index in [0.717, 1.165) is 69.1 Å². The molecule has 0 aliphatic carbocycles. The molecule has 14 nitrogen and oxygen atoms in total. The van der Waals surface area contributed by atoms with E-state index in [9.17, 15) is 20.0 Å². The molecule has 4 saturated heterocycles. The molecule has 0 spiro atoms. The Morgan fingerprint density at radius 1 is 1.11 bits per heavy atom. The Morgan fingerprint density at radius 2 is 1.82 bits per heavy atom. The zero-order valence-corrected chi connectivity index (χ0v) is 31.5. The number of pyridine rings is 1. The molecule has 8 heterocycles. The molecule has 2 atom stereocenters. The van der Waals surface area contributed by atoms with E-state index >= 15 is 8.78 Å². The fourth-order valence-corrected chi connectivity index (χ4v) is 10.4. The van der Waals surface area contributed by atoms with E-state index in [-0.39, 0.29) is 87.4 Å². The summed E-state index contributed by atoms with van der Waals surface area (Å²) in [5.41, 5.74) is 0.0132. The maximum Gasteiger partial charge on any atom is 0.412 e. The number of hydrogen-bond acceptors (Lipinski definition) is 12. The van der Waals surface area contributed by atoms with Crippen LogP contribution in [0, 0.1) is 23.0 Å². The van der Waals surface area contributed by atoms with Crippen molar-refractivity contribution in [2.24, 2.45) is 0 Å². The van der Waals surface area contributed by atoms with Crippen molar-refractivity contribution in [2.75, 3.05) is 43.0 Å². The first-order valence-electron chi connectivity index (χ1n) is 18.6. The maximum absolute atomic E-state index is 17.7. The molecular weight excluding hydrogens is 735 g/mol. The number of nitriles is 1. The van der Waals surface area contributed by atoms with Crippen LogP contribution < -0.4 is 15.0 Å². The number of anilines is 2. The molecular formula is C38H40F2N8O6S. The third-order valence-electron chi connectivity index (χ3n) is 11.7. The van der Waals surface area contributed by atoms with Crippen molar-refractivity contribution < 1.29 is 37.7 Å². The molecule has 5 aliphatic rings. The molecule has 17 heteroatoms. The van der Waals surface area contributed by atoms with Crippen LogP contribution in [0.5, 0.6) is 6.01 Å². The second kappa shape index (κ2) is 13.1. The van der Waals surface area contributed by atoms with Gasteiger partial charge in [0.15, 0.2) is 11.6 Å². The van der Waals surface area contributed by atoms with E-state index in [0.29, 0.717) is 28.9 Å². The van der Waals surface area contributed by atoms with Crippen molar-refractivity contribution in [1.82, 2.24) is 24.8 Å². The summed E-state index contributed by atoms with van der Waals surface area (Å²) in [6.45, 7) is 8.07. The zero-order chi connectivity index (χ0) is 38.4. The lowest BCUT2D eigenvalue weighted by atomic mass is 9.93. The first kappa shape index (κ1) is 35.8. The number of ether oxygens (including phenoxy) is 3. The highest BCUT2D eigenvalue weighted by atomic mass is 32.1. The van der Waals surface area contributed by atoms with Gasteiger partial charge in [0.05, 0.1) is 46.3 Å². The van der Waals surface area contributed by atoms with Crippen LogP contribution in [0.15, 0.2) is 6.20 Å². The summed E-state index contributed by atoms with van der Waals surface area (Å²) in [5, 5.41) is 23.4. The van der Waals surface area contributed by atoms with Crippen molar-refractivity contribution in [3.05, 3.63) is 34.5 Å². The second-order valence-electron chi connectivity index (χ2n) is 16.1. The number of nitrogens with zero attached hydrogens (tertiary/aromatic N) is 7. The molecule has 288 valence electrons. The predicted molar refractivity (Wildman–Crippen MR) is 198 cm³/mol. The molecule has 0 saturated carbocycles. The first-order chi connectivity index (χ1) is 26.4. The molecule has 55 heavy (non-hydrogen) atoms. The standard InChI is InChI=1S/C38H40F2N8O6S/c1-37(2,3)54-35(49)45-33-21(12-41)26-29(42-13-24(39)31(26)55-33)25-22-16-52-17-23(22)27-30(28(25)40)43-34(53-18-38-8-4-10-47(38)11-5-9-38)44-32(27)48-19-6-7-20(48)15-46(14-19)36(50)51/h13,19-20H,4-11,14-18H2,1-3H3,(H,45,49)(H,50,51). The number of carbonyl (C=O) groups excluding carboxylic acids is 1. The number of nitrogens with one attached hydrogen (secondary N) is 1. The maximum atomic E-state index is 17.7. The Hall–Kier alpha value is -4.92. The molecule has 1 aromatic carbocycles. The van der Waals surface area contributed by atoms with E-state index in [1.807, 2.05) is 0 Å². The van der Waals surface area contributed by atoms with Gasteiger partial charge in [-0.15, -0.1) is 11.3 Å². The fraction of sp³-hybridized carbons (Fsp3) is 0.526. The Labute approximate surface area is 319 Å². The molecule has 2 N–H and O–H groups in total. The number of carboxylic acid groups (broad SMARTS) is 1. The lowest BCUT2D eigenvalue weighted by molar-refractivity contribution is 0.0636. The topological polar surface area (TPSA) is 166 Å². The molecule has 0 radical (unpaired) electrons. The average Bonchev–Trinajstić information content (AvgIpc) is 3.95. The van der Waals surface area contributed by atoms with Gasteiger partial charge in [0.2, 0.25) is 0 Å². The van der Waals surface area contributed by atoms with E-state index in [1.54, 1.807) is 20.8 Å². The number of aromatic nitrogens is 3. The summed E-state index contributed by atoms with van der Waals surface area (Å²) in [6.07, 6.45) is 4.73. The predicted octanol–water partition coefficient (Wildman–Crippen LogP) is 6.77. The van der Waals surface area contributed by atoms with Gasteiger partial charge in [0.25, 0.3) is 0 Å². The summed E-state index contributed by atoms with van der Waals surface area (Å²) in [6, 6.07) is 1.69.